The number of halogens is 2. The number of alkyl halides is 2. The minimum atomic E-state index is -2.59. The quantitative estimate of drug-likeness (QED) is 0.886. The van der Waals surface area contributed by atoms with Crippen molar-refractivity contribution < 1.29 is 13.0 Å². The molecule has 0 unspecified atom stereocenters. The summed E-state index contributed by atoms with van der Waals surface area (Å²) in [4.78, 5) is 0. The maximum atomic E-state index is 12.9. The fraction of sp³-hybridized carbons (Fsp3) is 0.500. The van der Waals surface area contributed by atoms with Crippen LogP contribution in [-0.2, 0) is 11.0 Å². The predicted octanol–water partition coefficient (Wildman–Crippen LogP) is 3.04. The van der Waals surface area contributed by atoms with Crippen LogP contribution in [0.5, 0.6) is 0 Å². The maximum absolute atomic E-state index is 12.9. The molecule has 0 saturated heterocycles. The van der Waals surface area contributed by atoms with Gasteiger partial charge in [0.1, 0.15) is 6.04 Å². The Morgan fingerprint density at radius 2 is 1.71 bits per heavy atom. The van der Waals surface area contributed by atoms with Gasteiger partial charge in [-0.05, 0) is 26.3 Å². The lowest BCUT2D eigenvalue weighted by Crippen LogP contribution is -2.38. The summed E-state index contributed by atoms with van der Waals surface area (Å²) in [5, 5.41) is 0. The number of rotatable bonds is 4. The van der Waals surface area contributed by atoms with E-state index in [0.717, 1.165) is 0 Å². The van der Waals surface area contributed by atoms with E-state index in [0.29, 0.717) is 5.56 Å². The van der Waals surface area contributed by atoms with Gasteiger partial charge in [0, 0.05) is 0 Å². The average molecular weight is 261 g/mol. The molecule has 0 fully saturated rings. The molecule has 0 saturated carbocycles. The van der Waals surface area contributed by atoms with Crippen LogP contribution in [0.25, 0.3) is 0 Å². The molecule has 2 nitrogen and oxygen atoms in total. The zero-order valence-corrected chi connectivity index (χ0v) is 10.9. The highest BCUT2D eigenvalue weighted by molar-refractivity contribution is 7.84. The Morgan fingerprint density at radius 1 is 1.18 bits per heavy atom. The highest BCUT2D eigenvalue weighted by atomic mass is 32.2. The summed E-state index contributed by atoms with van der Waals surface area (Å²) >= 11 is 0. The van der Waals surface area contributed by atoms with Gasteiger partial charge in [0.2, 0.25) is 0 Å². The van der Waals surface area contributed by atoms with Crippen molar-refractivity contribution in [2.45, 2.75) is 38.0 Å². The highest BCUT2D eigenvalue weighted by Gasteiger charge is 2.28. The number of hydrogen-bond donors (Lipinski definition) is 1. The van der Waals surface area contributed by atoms with Crippen LogP contribution in [0.2, 0.25) is 0 Å². The van der Waals surface area contributed by atoms with E-state index >= 15 is 0 Å². The zero-order valence-electron chi connectivity index (χ0n) is 10.1. The molecule has 5 heteroatoms. The summed E-state index contributed by atoms with van der Waals surface area (Å²) in [6.45, 7) is 5.22. The van der Waals surface area contributed by atoms with Gasteiger partial charge in [-0.2, -0.15) is 0 Å². The lowest BCUT2D eigenvalue weighted by atomic mass is 10.1. The Labute approximate surface area is 103 Å². The Bertz CT molecular complexity index is 376. The van der Waals surface area contributed by atoms with Crippen LogP contribution in [0.3, 0.4) is 0 Å². The topological polar surface area (TPSA) is 29.1 Å². The van der Waals surface area contributed by atoms with Crippen LogP contribution >= 0.6 is 0 Å². The normalized spacial score (nSPS) is 15.9. The molecule has 0 heterocycles. The van der Waals surface area contributed by atoms with E-state index in [2.05, 4.69) is 4.72 Å². The van der Waals surface area contributed by atoms with Gasteiger partial charge in [-0.15, -0.1) is 0 Å². The molecule has 0 amide bonds. The van der Waals surface area contributed by atoms with Crippen molar-refractivity contribution in [2.75, 3.05) is 0 Å². The lowest BCUT2D eigenvalue weighted by molar-refractivity contribution is 0.109. The predicted molar refractivity (Wildman–Crippen MR) is 66.2 cm³/mol. The van der Waals surface area contributed by atoms with Gasteiger partial charge in [-0.3, -0.25) is 0 Å². The first kappa shape index (κ1) is 14.3. The number of nitrogens with one attached hydrogen (secondary N) is 1. The molecule has 0 spiro atoms. The average Bonchev–Trinajstić information content (AvgIpc) is 2.25. The third-order valence-electron chi connectivity index (χ3n) is 2.20. The lowest BCUT2D eigenvalue weighted by Gasteiger charge is -2.24. The molecule has 1 aromatic rings. The molecule has 1 N–H and O–H groups in total. The monoisotopic (exact) mass is 261 g/mol. The zero-order chi connectivity index (χ0) is 13.1. The Kier molecular flexibility index (Phi) is 4.77. The van der Waals surface area contributed by atoms with Crippen LogP contribution in [0, 0.1) is 0 Å². The summed E-state index contributed by atoms with van der Waals surface area (Å²) in [6, 6.07) is 7.13. The van der Waals surface area contributed by atoms with Crippen LogP contribution in [0.15, 0.2) is 30.3 Å². The van der Waals surface area contributed by atoms with Gasteiger partial charge < -0.3 is 0 Å². The van der Waals surface area contributed by atoms with E-state index in [4.69, 9.17) is 0 Å². The molecule has 0 aliphatic heterocycles. The molecule has 0 radical (unpaired) electrons. The van der Waals surface area contributed by atoms with Gasteiger partial charge in [0.25, 0.3) is 6.43 Å². The third kappa shape index (κ3) is 4.16. The second-order valence-electron chi connectivity index (χ2n) is 4.72. The molecule has 0 aliphatic carbocycles. The van der Waals surface area contributed by atoms with Crippen molar-refractivity contribution in [3.05, 3.63) is 35.9 Å². The van der Waals surface area contributed by atoms with Crippen LogP contribution in [-0.4, -0.2) is 15.4 Å². The van der Waals surface area contributed by atoms with E-state index in [9.17, 15) is 13.0 Å². The SMILES string of the molecule is CC(C)(C)[S@](=O)N[C@H](c1ccccc1)C(F)F. The van der Waals surface area contributed by atoms with Crippen molar-refractivity contribution in [3.8, 4) is 0 Å². The van der Waals surface area contributed by atoms with Crippen molar-refractivity contribution in [1.29, 1.82) is 0 Å². The van der Waals surface area contributed by atoms with Gasteiger partial charge in [0.05, 0.1) is 15.7 Å². The van der Waals surface area contributed by atoms with E-state index in [1.54, 1.807) is 51.1 Å². The van der Waals surface area contributed by atoms with E-state index < -0.39 is 28.2 Å². The molecule has 96 valence electrons. The molecule has 0 bridgehead atoms. The number of hydrogen-bond acceptors (Lipinski definition) is 1. The second-order valence-corrected chi connectivity index (χ2v) is 6.72. The minimum absolute atomic E-state index is 0.445. The van der Waals surface area contributed by atoms with Gasteiger partial charge in [0.15, 0.2) is 0 Å². The minimum Gasteiger partial charge on any atom is -0.242 e. The first-order valence-corrected chi connectivity index (χ1v) is 6.48. The van der Waals surface area contributed by atoms with Crippen molar-refractivity contribution in [3.63, 3.8) is 0 Å². The molecule has 1 aromatic carbocycles. The molecule has 0 aromatic heterocycles. The van der Waals surface area contributed by atoms with E-state index in [1.165, 1.54) is 0 Å². The first-order valence-electron chi connectivity index (χ1n) is 5.33. The largest absolute Gasteiger partial charge is 0.258 e. The summed E-state index contributed by atoms with van der Waals surface area (Å²) in [6.07, 6.45) is -2.59. The fourth-order valence-corrected chi connectivity index (χ4v) is 2.04. The molecule has 2 atom stereocenters. The van der Waals surface area contributed by atoms with Crippen LogP contribution in [0.1, 0.15) is 32.4 Å². The maximum Gasteiger partial charge on any atom is 0.258 e. The standard InChI is InChI=1S/C12H17F2NOS/c1-12(2,3)17(16)15-10(11(13)14)9-7-5-4-6-8-9/h4-8,10-11,15H,1-3H3/t10-,17+/m1/s1. The Hall–Kier alpha value is -0.810. The molecular weight excluding hydrogens is 244 g/mol. The number of benzene rings is 1. The smallest absolute Gasteiger partial charge is 0.242 e. The summed E-state index contributed by atoms with van der Waals surface area (Å²) in [7, 11) is -1.52. The molecule has 17 heavy (non-hydrogen) atoms. The molecular formula is C12H17F2NOS. The second kappa shape index (κ2) is 5.69. The van der Waals surface area contributed by atoms with E-state index in [-0.39, 0.29) is 0 Å². The van der Waals surface area contributed by atoms with Crippen LogP contribution < -0.4 is 4.72 Å². The fourth-order valence-electron chi connectivity index (χ4n) is 1.22. The highest BCUT2D eigenvalue weighted by Crippen LogP contribution is 2.23. The Morgan fingerprint density at radius 3 is 2.12 bits per heavy atom. The van der Waals surface area contributed by atoms with E-state index in [1.807, 2.05) is 0 Å². The molecule has 1 rings (SSSR count). The van der Waals surface area contributed by atoms with Crippen LogP contribution in [0.4, 0.5) is 8.78 Å². The summed E-state index contributed by atoms with van der Waals surface area (Å²) in [5.74, 6) is 0. The van der Waals surface area contributed by atoms with Gasteiger partial charge in [-0.25, -0.2) is 17.7 Å². The van der Waals surface area contributed by atoms with Gasteiger partial charge >= 0.3 is 0 Å². The summed E-state index contributed by atoms with van der Waals surface area (Å²) < 4.78 is 39.6. The molecule has 0 aliphatic rings. The Balaban J connectivity index is 2.86. The summed E-state index contributed by atoms with van der Waals surface area (Å²) in [5.41, 5.74) is 0.445. The third-order valence-corrected chi connectivity index (χ3v) is 3.78. The first-order chi connectivity index (χ1) is 7.82. The van der Waals surface area contributed by atoms with Crippen molar-refractivity contribution in [1.82, 2.24) is 4.72 Å². The van der Waals surface area contributed by atoms with Crippen molar-refractivity contribution in [2.24, 2.45) is 0 Å². The van der Waals surface area contributed by atoms with Gasteiger partial charge in [-0.1, -0.05) is 30.3 Å². The van der Waals surface area contributed by atoms with Crippen molar-refractivity contribution >= 4 is 11.0 Å².